The average Bonchev–Trinajstić information content (AvgIpc) is 2.35. The van der Waals surface area contributed by atoms with E-state index in [0.717, 1.165) is 18.4 Å². The highest BCUT2D eigenvalue weighted by Crippen LogP contribution is 2.47. The van der Waals surface area contributed by atoms with Crippen molar-refractivity contribution < 1.29 is 0 Å². The zero-order valence-corrected chi connectivity index (χ0v) is 12.7. The first kappa shape index (κ1) is 13.6. The molecule has 2 heteroatoms. The number of pyridine rings is 1. The van der Waals surface area contributed by atoms with Crippen LogP contribution in [-0.2, 0) is 5.54 Å². The Bertz CT molecular complexity index is 632. The number of rotatable bonds is 1. The second kappa shape index (κ2) is 4.56. The van der Waals surface area contributed by atoms with Gasteiger partial charge in [-0.25, -0.2) is 0 Å². The van der Waals surface area contributed by atoms with Crippen LogP contribution in [-0.4, -0.2) is 4.98 Å². The molecule has 2 unspecified atom stereocenters. The molecule has 2 N–H and O–H groups in total. The Labute approximate surface area is 121 Å². The number of hydrogen-bond acceptors (Lipinski definition) is 2. The smallest absolute Gasteiger partial charge is 0.0705 e. The highest BCUT2D eigenvalue weighted by atomic mass is 14.8. The maximum atomic E-state index is 6.81. The third-order valence-corrected chi connectivity index (χ3v) is 4.59. The predicted molar refractivity (Wildman–Crippen MR) is 84.4 cm³/mol. The van der Waals surface area contributed by atoms with E-state index in [1.54, 1.807) is 0 Å². The fourth-order valence-corrected chi connectivity index (χ4v) is 4.23. The largest absolute Gasteiger partial charge is 0.321 e. The van der Waals surface area contributed by atoms with Gasteiger partial charge in [0, 0.05) is 17.1 Å². The Kier molecular flexibility index (Phi) is 3.09. The number of nitrogens with two attached hydrogens (primary N) is 1. The second-order valence-electron chi connectivity index (χ2n) is 7.42. The van der Waals surface area contributed by atoms with Gasteiger partial charge in [0.05, 0.1) is 5.52 Å². The van der Waals surface area contributed by atoms with Gasteiger partial charge < -0.3 is 5.73 Å². The fourth-order valence-electron chi connectivity index (χ4n) is 4.23. The van der Waals surface area contributed by atoms with Crippen molar-refractivity contribution in [3.05, 3.63) is 42.1 Å². The highest BCUT2D eigenvalue weighted by Gasteiger charge is 2.41. The first-order valence-electron chi connectivity index (χ1n) is 7.52. The maximum absolute atomic E-state index is 6.81. The van der Waals surface area contributed by atoms with Gasteiger partial charge in [0.1, 0.15) is 0 Å². The number of aromatic nitrogens is 1. The SMILES string of the molecule is CC1CC(C)(C)CC(N)(c2ccc3cccnc3c2)C1. The van der Waals surface area contributed by atoms with Gasteiger partial charge in [-0.2, -0.15) is 0 Å². The Balaban J connectivity index is 2.04. The van der Waals surface area contributed by atoms with Crippen LogP contribution < -0.4 is 5.73 Å². The number of benzene rings is 1. The zero-order valence-electron chi connectivity index (χ0n) is 12.7. The summed E-state index contributed by atoms with van der Waals surface area (Å²) in [5, 5.41) is 1.18. The molecule has 2 aromatic rings. The highest BCUT2D eigenvalue weighted by molar-refractivity contribution is 5.79. The summed E-state index contributed by atoms with van der Waals surface area (Å²) in [6, 6.07) is 10.6. The Morgan fingerprint density at radius 1 is 1.20 bits per heavy atom. The molecule has 2 atom stereocenters. The van der Waals surface area contributed by atoms with E-state index in [-0.39, 0.29) is 5.54 Å². The average molecular weight is 268 g/mol. The molecule has 0 bridgehead atoms. The van der Waals surface area contributed by atoms with E-state index in [1.807, 2.05) is 12.3 Å². The van der Waals surface area contributed by atoms with E-state index in [1.165, 1.54) is 17.4 Å². The van der Waals surface area contributed by atoms with Crippen LogP contribution in [0.4, 0.5) is 0 Å². The van der Waals surface area contributed by atoms with Crippen molar-refractivity contribution in [3.8, 4) is 0 Å². The van der Waals surface area contributed by atoms with E-state index >= 15 is 0 Å². The lowest BCUT2D eigenvalue weighted by Crippen LogP contribution is -2.46. The molecule has 0 spiro atoms. The van der Waals surface area contributed by atoms with Gasteiger partial charge in [0.2, 0.25) is 0 Å². The van der Waals surface area contributed by atoms with E-state index < -0.39 is 0 Å². The van der Waals surface area contributed by atoms with Crippen LogP contribution in [0.3, 0.4) is 0 Å². The monoisotopic (exact) mass is 268 g/mol. The molecular weight excluding hydrogens is 244 g/mol. The van der Waals surface area contributed by atoms with Crippen LogP contribution in [0.2, 0.25) is 0 Å². The van der Waals surface area contributed by atoms with E-state index in [4.69, 9.17) is 5.73 Å². The van der Waals surface area contributed by atoms with Crippen LogP contribution in [0.15, 0.2) is 36.5 Å². The van der Waals surface area contributed by atoms with Crippen LogP contribution >= 0.6 is 0 Å². The van der Waals surface area contributed by atoms with Gasteiger partial charge in [-0.1, -0.05) is 39.0 Å². The van der Waals surface area contributed by atoms with Crippen molar-refractivity contribution in [2.75, 3.05) is 0 Å². The van der Waals surface area contributed by atoms with Gasteiger partial charge >= 0.3 is 0 Å². The molecule has 1 aromatic heterocycles. The minimum atomic E-state index is -0.215. The van der Waals surface area contributed by atoms with Gasteiger partial charge in [-0.05, 0) is 48.3 Å². The second-order valence-corrected chi connectivity index (χ2v) is 7.42. The summed E-state index contributed by atoms with van der Waals surface area (Å²) in [7, 11) is 0. The molecule has 1 fully saturated rings. The summed E-state index contributed by atoms with van der Waals surface area (Å²) in [6.07, 6.45) is 5.22. The zero-order chi connectivity index (χ0) is 14.4. The van der Waals surface area contributed by atoms with Crippen LogP contribution in [0.25, 0.3) is 10.9 Å². The van der Waals surface area contributed by atoms with Crippen molar-refractivity contribution in [1.82, 2.24) is 4.98 Å². The molecular formula is C18H24N2. The minimum Gasteiger partial charge on any atom is -0.321 e. The Morgan fingerprint density at radius 3 is 2.75 bits per heavy atom. The molecule has 0 radical (unpaired) electrons. The first-order valence-corrected chi connectivity index (χ1v) is 7.52. The van der Waals surface area contributed by atoms with Crippen molar-refractivity contribution >= 4 is 10.9 Å². The van der Waals surface area contributed by atoms with Crippen LogP contribution in [0.1, 0.15) is 45.6 Å². The summed E-state index contributed by atoms with van der Waals surface area (Å²) < 4.78 is 0. The van der Waals surface area contributed by atoms with Gasteiger partial charge in [0.15, 0.2) is 0 Å². The molecule has 0 amide bonds. The fraction of sp³-hybridized carbons (Fsp3) is 0.500. The van der Waals surface area contributed by atoms with Crippen molar-refractivity contribution in [1.29, 1.82) is 0 Å². The topological polar surface area (TPSA) is 38.9 Å². The summed E-state index contributed by atoms with van der Waals surface area (Å²) in [4.78, 5) is 4.47. The third-order valence-electron chi connectivity index (χ3n) is 4.59. The van der Waals surface area contributed by atoms with Crippen molar-refractivity contribution in [2.24, 2.45) is 17.1 Å². The molecule has 2 nitrogen and oxygen atoms in total. The van der Waals surface area contributed by atoms with Gasteiger partial charge in [-0.3, -0.25) is 4.98 Å². The summed E-state index contributed by atoms with van der Waals surface area (Å²) in [5.74, 6) is 0.670. The van der Waals surface area contributed by atoms with Crippen molar-refractivity contribution in [2.45, 2.75) is 45.6 Å². The normalized spacial score (nSPS) is 29.5. The maximum Gasteiger partial charge on any atom is 0.0705 e. The Morgan fingerprint density at radius 2 is 2.00 bits per heavy atom. The molecule has 1 aliphatic carbocycles. The van der Waals surface area contributed by atoms with Crippen molar-refractivity contribution in [3.63, 3.8) is 0 Å². The lowest BCUT2D eigenvalue weighted by atomic mass is 9.62. The summed E-state index contributed by atoms with van der Waals surface area (Å²) in [6.45, 7) is 6.99. The number of hydrogen-bond donors (Lipinski definition) is 1. The molecule has 1 aromatic carbocycles. The van der Waals surface area contributed by atoms with E-state index in [0.29, 0.717) is 11.3 Å². The predicted octanol–water partition coefficient (Wildman–Crippen LogP) is 4.24. The van der Waals surface area contributed by atoms with E-state index in [9.17, 15) is 0 Å². The van der Waals surface area contributed by atoms with Crippen LogP contribution in [0, 0.1) is 11.3 Å². The third kappa shape index (κ3) is 2.45. The van der Waals surface area contributed by atoms with E-state index in [2.05, 4.69) is 50.0 Å². The standard InChI is InChI=1S/C18H24N2/c1-13-10-17(2,3)12-18(19,11-13)15-7-6-14-5-4-8-20-16(14)9-15/h4-9,13H,10-12,19H2,1-3H3. The number of fused-ring (bicyclic) bond motifs is 1. The quantitative estimate of drug-likeness (QED) is 0.840. The lowest BCUT2D eigenvalue weighted by molar-refractivity contribution is 0.107. The molecule has 3 rings (SSSR count). The van der Waals surface area contributed by atoms with Gasteiger partial charge in [0.25, 0.3) is 0 Å². The molecule has 1 saturated carbocycles. The molecule has 1 aliphatic rings. The number of nitrogens with zero attached hydrogens (tertiary/aromatic N) is 1. The minimum absolute atomic E-state index is 0.215. The molecule has 1 heterocycles. The molecule has 0 aliphatic heterocycles. The molecule has 106 valence electrons. The van der Waals surface area contributed by atoms with Crippen LogP contribution in [0.5, 0.6) is 0 Å². The van der Waals surface area contributed by atoms with Gasteiger partial charge in [-0.15, -0.1) is 0 Å². The summed E-state index contributed by atoms with van der Waals surface area (Å²) >= 11 is 0. The lowest BCUT2D eigenvalue weighted by Gasteiger charge is -2.46. The summed E-state index contributed by atoms with van der Waals surface area (Å²) in [5.41, 5.74) is 9.19. The first-order chi connectivity index (χ1) is 9.38. The molecule has 20 heavy (non-hydrogen) atoms. The Hall–Kier alpha value is -1.41. The molecule has 0 saturated heterocycles.